The van der Waals surface area contributed by atoms with Crippen molar-refractivity contribution in [1.29, 1.82) is 0 Å². The predicted molar refractivity (Wildman–Crippen MR) is 118 cm³/mol. The first-order chi connectivity index (χ1) is 13.8. The number of guanidine groups is 1. The Balaban J connectivity index is 1.46. The van der Waals surface area contributed by atoms with E-state index in [1.54, 1.807) is 11.3 Å². The molecule has 0 aliphatic carbocycles. The van der Waals surface area contributed by atoms with Crippen LogP contribution < -0.4 is 5.32 Å². The van der Waals surface area contributed by atoms with Crippen molar-refractivity contribution in [3.63, 3.8) is 0 Å². The Bertz CT molecular complexity index is 839. The van der Waals surface area contributed by atoms with E-state index in [9.17, 15) is 0 Å². The Kier molecular flexibility index (Phi) is 7.67. The molecule has 6 heteroatoms. The molecule has 0 atom stereocenters. The minimum atomic E-state index is 0.675. The Morgan fingerprint density at radius 3 is 2.79 bits per heavy atom. The summed E-state index contributed by atoms with van der Waals surface area (Å²) in [5, 5.41) is 5.57. The Hall–Kier alpha value is -2.60. The summed E-state index contributed by atoms with van der Waals surface area (Å²) in [5.74, 6) is 1.94. The Labute approximate surface area is 171 Å². The average molecular weight is 396 g/mol. The summed E-state index contributed by atoms with van der Waals surface area (Å²) < 4.78 is 2.23. The monoisotopic (exact) mass is 395 g/mol. The first-order valence-corrected chi connectivity index (χ1v) is 10.6. The number of hydrogen-bond donors (Lipinski definition) is 1. The number of likely N-dealkylation sites (N-methyl/N-ethyl adjacent to an activating group) is 1. The molecule has 2 aromatic heterocycles. The zero-order chi connectivity index (χ0) is 19.6. The maximum Gasteiger partial charge on any atom is 0.193 e. The van der Waals surface area contributed by atoms with E-state index < -0.39 is 0 Å². The lowest BCUT2D eigenvalue weighted by Crippen LogP contribution is -2.39. The van der Waals surface area contributed by atoms with Crippen molar-refractivity contribution in [2.24, 2.45) is 4.99 Å². The van der Waals surface area contributed by atoms with Gasteiger partial charge in [0.2, 0.25) is 0 Å². The third kappa shape index (κ3) is 5.96. The van der Waals surface area contributed by atoms with Crippen molar-refractivity contribution < 1.29 is 0 Å². The van der Waals surface area contributed by atoms with Crippen molar-refractivity contribution in [2.75, 3.05) is 20.6 Å². The van der Waals surface area contributed by atoms with Crippen LogP contribution >= 0.6 is 11.3 Å². The van der Waals surface area contributed by atoms with E-state index in [0.717, 1.165) is 44.1 Å². The van der Waals surface area contributed by atoms with Gasteiger partial charge in [0.15, 0.2) is 5.96 Å². The van der Waals surface area contributed by atoms with Gasteiger partial charge in [-0.3, -0.25) is 4.99 Å². The van der Waals surface area contributed by atoms with E-state index in [0.29, 0.717) is 6.54 Å². The molecule has 0 amide bonds. The van der Waals surface area contributed by atoms with Gasteiger partial charge < -0.3 is 14.8 Å². The second-order valence-corrected chi connectivity index (χ2v) is 7.81. The summed E-state index contributed by atoms with van der Waals surface area (Å²) in [6.45, 7) is 2.58. The fourth-order valence-electron chi connectivity index (χ4n) is 3.19. The molecular weight excluding hydrogens is 366 g/mol. The van der Waals surface area contributed by atoms with Crippen molar-refractivity contribution in [1.82, 2.24) is 19.8 Å². The number of aliphatic imine (C=N–C) groups is 1. The summed E-state index contributed by atoms with van der Waals surface area (Å²) in [4.78, 5) is 12.5. The van der Waals surface area contributed by atoms with Gasteiger partial charge in [-0.1, -0.05) is 36.4 Å². The molecule has 0 saturated heterocycles. The van der Waals surface area contributed by atoms with E-state index in [1.165, 1.54) is 10.4 Å². The maximum absolute atomic E-state index is 4.52. The highest BCUT2D eigenvalue weighted by atomic mass is 32.1. The van der Waals surface area contributed by atoms with Gasteiger partial charge in [-0.2, -0.15) is 0 Å². The number of rotatable bonds is 9. The maximum atomic E-state index is 4.52. The van der Waals surface area contributed by atoms with Crippen molar-refractivity contribution in [3.8, 4) is 0 Å². The summed E-state index contributed by atoms with van der Waals surface area (Å²) in [6.07, 6.45) is 7.15. The molecule has 0 saturated carbocycles. The standard InChI is InChI=1S/C22H29N5S/c1-23-22(26(2)15-12-20-11-7-17-28-20)25-18-21-24-13-16-27(21)14-6-10-19-8-4-3-5-9-19/h3-5,7-9,11,13,16-17H,6,10,12,14-15,18H2,1-2H3,(H,23,25). The molecule has 3 rings (SSSR count). The van der Waals surface area contributed by atoms with Gasteiger partial charge in [0, 0.05) is 44.5 Å². The van der Waals surface area contributed by atoms with Crippen LogP contribution in [0.4, 0.5) is 0 Å². The zero-order valence-electron chi connectivity index (χ0n) is 16.7. The lowest BCUT2D eigenvalue weighted by Gasteiger charge is -2.22. The van der Waals surface area contributed by atoms with Crippen LogP contribution in [-0.4, -0.2) is 41.1 Å². The minimum Gasteiger partial charge on any atom is -0.349 e. The number of aromatic nitrogens is 2. The highest BCUT2D eigenvalue weighted by Crippen LogP contribution is 2.10. The van der Waals surface area contributed by atoms with Crippen LogP contribution in [0.15, 0.2) is 65.2 Å². The fraction of sp³-hybridized carbons (Fsp3) is 0.364. The number of thiophene rings is 1. The molecule has 0 unspecified atom stereocenters. The predicted octanol–water partition coefficient (Wildman–Crippen LogP) is 3.83. The second-order valence-electron chi connectivity index (χ2n) is 6.78. The van der Waals surface area contributed by atoms with E-state index in [-0.39, 0.29) is 0 Å². The number of nitrogens with one attached hydrogen (secondary N) is 1. The molecule has 2 heterocycles. The van der Waals surface area contributed by atoms with E-state index >= 15 is 0 Å². The third-order valence-electron chi connectivity index (χ3n) is 4.76. The normalized spacial score (nSPS) is 11.6. The molecular formula is C22H29N5S. The number of hydrogen-bond acceptors (Lipinski definition) is 3. The van der Waals surface area contributed by atoms with Crippen molar-refractivity contribution in [3.05, 3.63) is 76.5 Å². The molecule has 148 valence electrons. The van der Waals surface area contributed by atoms with Gasteiger partial charge in [0.25, 0.3) is 0 Å². The van der Waals surface area contributed by atoms with E-state index in [4.69, 9.17) is 0 Å². The summed E-state index contributed by atoms with van der Waals surface area (Å²) >= 11 is 1.80. The lowest BCUT2D eigenvalue weighted by atomic mass is 10.1. The molecule has 28 heavy (non-hydrogen) atoms. The first-order valence-electron chi connectivity index (χ1n) is 9.74. The number of aryl methyl sites for hydroxylation is 2. The Morgan fingerprint density at radius 1 is 1.18 bits per heavy atom. The highest BCUT2D eigenvalue weighted by molar-refractivity contribution is 7.09. The Morgan fingerprint density at radius 2 is 2.04 bits per heavy atom. The van der Waals surface area contributed by atoms with Gasteiger partial charge in [-0.25, -0.2) is 4.98 Å². The zero-order valence-corrected chi connectivity index (χ0v) is 17.5. The number of benzene rings is 1. The SMILES string of the molecule is CN=C(NCc1nccn1CCCc1ccccc1)N(C)CCc1cccs1. The van der Waals surface area contributed by atoms with Gasteiger partial charge in [-0.05, 0) is 36.3 Å². The quantitative estimate of drug-likeness (QED) is 0.442. The average Bonchev–Trinajstić information content (AvgIpc) is 3.40. The van der Waals surface area contributed by atoms with E-state index in [2.05, 4.69) is 85.8 Å². The van der Waals surface area contributed by atoms with Crippen LogP contribution in [0.3, 0.4) is 0 Å². The van der Waals surface area contributed by atoms with Gasteiger partial charge in [-0.15, -0.1) is 11.3 Å². The van der Waals surface area contributed by atoms with Crippen LogP contribution in [0.5, 0.6) is 0 Å². The van der Waals surface area contributed by atoms with Crippen molar-refractivity contribution in [2.45, 2.75) is 32.4 Å². The van der Waals surface area contributed by atoms with Crippen LogP contribution in [0.1, 0.15) is 22.7 Å². The molecule has 0 spiro atoms. The molecule has 1 N–H and O–H groups in total. The molecule has 0 bridgehead atoms. The largest absolute Gasteiger partial charge is 0.349 e. The molecule has 0 aliphatic heterocycles. The highest BCUT2D eigenvalue weighted by Gasteiger charge is 2.09. The summed E-state index contributed by atoms with van der Waals surface area (Å²) in [6, 6.07) is 14.9. The smallest absolute Gasteiger partial charge is 0.193 e. The molecule has 0 aliphatic rings. The van der Waals surface area contributed by atoms with Gasteiger partial charge >= 0.3 is 0 Å². The van der Waals surface area contributed by atoms with Crippen molar-refractivity contribution >= 4 is 17.3 Å². The molecule has 5 nitrogen and oxygen atoms in total. The molecule has 0 fully saturated rings. The summed E-state index contributed by atoms with van der Waals surface area (Å²) in [7, 11) is 3.91. The van der Waals surface area contributed by atoms with Gasteiger partial charge in [0.1, 0.15) is 5.82 Å². The first kappa shape index (κ1) is 20.1. The second kappa shape index (κ2) is 10.7. The third-order valence-corrected chi connectivity index (χ3v) is 5.70. The van der Waals surface area contributed by atoms with Crippen LogP contribution in [0.2, 0.25) is 0 Å². The molecule has 0 radical (unpaired) electrons. The van der Waals surface area contributed by atoms with Crippen LogP contribution in [-0.2, 0) is 25.9 Å². The number of nitrogens with zero attached hydrogens (tertiary/aromatic N) is 4. The van der Waals surface area contributed by atoms with E-state index in [1.807, 2.05) is 13.2 Å². The van der Waals surface area contributed by atoms with Crippen LogP contribution in [0, 0.1) is 0 Å². The fourth-order valence-corrected chi connectivity index (χ4v) is 3.89. The topological polar surface area (TPSA) is 45.5 Å². The molecule has 3 aromatic rings. The minimum absolute atomic E-state index is 0.675. The number of imidazole rings is 1. The lowest BCUT2D eigenvalue weighted by molar-refractivity contribution is 0.482. The molecule has 1 aromatic carbocycles. The van der Waals surface area contributed by atoms with Crippen LogP contribution in [0.25, 0.3) is 0 Å². The summed E-state index contributed by atoms with van der Waals surface area (Å²) in [5.41, 5.74) is 1.38. The van der Waals surface area contributed by atoms with Gasteiger partial charge in [0.05, 0.1) is 6.54 Å².